The Labute approximate surface area is 123 Å². The molecule has 2 aromatic rings. The molecule has 2 rings (SSSR count). The summed E-state index contributed by atoms with van der Waals surface area (Å²) < 4.78 is 0. The smallest absolute Gasteiger partial charge is 0.335 e. The monoisotopic (exact) mass is 302 g/mol. The molecule has 1 aromatic carbocycles. The molecule has 0 saturated carbocycles. The van der Waals surface area contributed by atoms with Crippen LogP contribution in [0.3, 0.4) is 0 Å². The van der Waals surface area contributed by atoms with Crippen molar-refractivity contribution in [3.8, 4) is 0 Å². The van der Waals surface area contributed by atoms with E-state index >= 15 is 0 Å². The fourth-order valence-corrected chi connectivity index (χ4v) is 1.59. The fraction of sp³-hybridized carbons (Fsp3) is 0. The first-order chi connectivity index (χ1) is 10.5. The lowest BCUT2D eigenvalue weighted by Gasteiger charge is -2.08. The molecular weight excluding hydrogens is 292 g/mol. The van der Waals surface area contributed by atoms with Crippen molar-refractivity contribution in [1.82, 2.24) is 9.97 Å². The minimum atomic E-state index is -1.31. The first-order valence-corrected chi connectivity index (χ1v) is 5.91. The molecule has 1 heterocycles. The van der Waals surface area contributed by atoms with E-state index in [1.807, 2.05) is 0 Å². The summed E-state index contributed by atoms with van der Waals surface area (Å²) in [5.41, 5.74) is -0.483. The lowest BCUT2D eigenvalue weighted by molar-refractivity contribution is 0.0696. The van der Waals surface area contributed by atoms with Crippen LogP contribution in [0.1, 0.15) is 20.7 Å². The largest absolute Gasteiger partial charge is 0.478 e. The van der Waals surface area contributed by atoms with Crippen LogP contribution in [0, 0.1) is 0 Å². The summed E-state index contributed by atoms with van der Waals surface area (Å²) in [6.07, 6.45) is 4.12. The Balaban J connectivity index is 2.19. The van der Waals surface area contributed by atoms with Crippen LogP contribution in [-0.4, -0.2) is 38.2 Å². The van der Waals surface area contributed by atoms with Gasteiger partial charge in [-0.3, -0.25) is 10.3 Å². The number of nitrogens with zero attached hydrogens (tertiary/aromatic N) is 2. The van der Waals surface area contributed by atoms with Crippen molar-refractivity contribution in [3.63, 3.8) is 0 Å². The van der Waals surface area contributed by atoms with E-state index in [4.69, 9.17) is 10.2 Å². The van der Waals surface area contributed by atoms with Gasteiger partial charge in [0.2, 0.25) is 0 Å². The number of hydrogen-bond acceptors (Lipinski definition) is 5. The summed E-state index contributed by atoms with van der Waals surface area (Å²) in [7, 11) is 0. The minimum Gasteiger partial charge on any atom is -0.478 e. The summed E-state index contributed by atoms with van der Waals surface area (Å²) in [6.45, 7) is 0. The number of hydrogen-bond donors (Lipinski definition) is 4. The minimum absolute atomic E-state index is 0.0266. The van der Waals surface area contributed by atoms with Crippen molar-refractivity contribution in [2.24, 2.45) is 0 Å². The van der Waals surface area contributed by atoms with Crippen LogP contribution in [0.25, 0.3) is 0 Å². The lowest BCUT2D eigenvalue weighted by Crippen LogP contribution is -2.20. The molecule has 0 spiro atoms. The molecule has 0 bridgehead atoms. The van der Waals surface area contributed by atoms with Crippen molar-refractivity contribution >= 4 is 29.5 Å². The van der Waals surface area contributed by atoms with Gasteiger partial charge in [-0.2, -0.15) is 0 Å². The highest BCUT2D eigenvalue weighted by Crippen LogP contribution is 2.16. The molecule has 112 valence electrons. The van der Waals surface area contributed by atoms with E-state index < -0.39 is 18.0 Å². The van der Waals surface area contributed by atoms with Gasteiger partial charge in [0.05, 0.1) is 17.3 Å². The molecule has 0 radical (unpaired) electrons. The van der Waals surface area contributed by atoms with Crippen LogP contribution in [0.4, 0.5) is 16.3 Å². The Hall–Kier alpha value is -3.49. The van der Waals surface area contributed by atoms with Gasteiger partial charge in [-0.25, -0.2) is 19.4 Å². The zero-order valence-corrected chi connectivity index (χ0v) is 11.0. The van der Waals surface area contributed by atoms with Gasteiger partial charge in [0.25, 0.3) is 0 Å². The first-order valence-electron chi connectivity index (χ1n) is 5.91. The van der Waals surface area contributed by atoms with E-state index in [1.54, 1.807) is 0 Å². The summed E-state index contributed by atoms with van der Waals surface area (Å²) in [5, 5.41) is 22.6. The molecule has 0 atom stereocenters. The third-order valence-electron chi connectivity index (χ3n) is 2.49. The maximum atomic E-state index is 11.8. The van der Waals surface area contributed by atoms with Crippen LogP contribution in [0.5, 0.6) is 0 Å². The van der Waals surface area contributed by atoms with E-state index in [0.29, 0.717) is 0 Å². The van der Waals surface area contributed by atoms with Gasteiger partial charge in [-0.05, 0) is 18.2 Å². The third-order valence-corrected chi connectivity index (χ3v) is 2.49. The van der Waals surface area contributed by atoms with Gasteiger partial charge >= 0.3 is 18.0 Å². The zero-order valence-electron chi connectivity index (χ0n) is 11.0. The van der Waals surface area contributed by atoms with Crippen LogP contribution < -0.4 is 10.6 Å². The summed E-state index contributed by atoms with van der Waals surface area (Å²) in [4.78, 5) is 41.3. The number of carboxylic acids is 2. The van der Waals surface area contributed by atoms with Crippen LogP contribution in [-0.2, 0) is 0 Å². The number of urea groups is 1. The highest BCUT2D eigenvalue weighted by atomic mass is 16.4. The van der Waals surface area contributed by atoms with Gasteiger partial charge < -0.3 is 15.5 Å². The van der Waals surface area contributed by atoms with Crippen molar-refractivity contribution in [1.29, 1.82) is 0 Å². The molecule has 0 unspecified atom stereocenters. The highest BCUT2D eigenvalue weighted by Gasteiger charge is 2.13. The van der Waals surface area contributed by atoms with Gasteiger partial charge in [0.1, 0.15) is 0 Å². The molecule has 9 heteroatoms. The number of nitrogens with one attached hydrogen (secondary N) is 2. The number of benzene rings is 1. The number of carboxylic acid groups (broad SMARTS) is 2. The lowest BCUT2D eigenvalue weighted by atomic mass is 10.1. The SMILES string of the molecule is O=C(Nc1cc(C(=O)O)cc(C(=O)O)c1)Nc1cnccn1. The van der Waals surface area contributed by atoms with Crippen molar-refractivity contribution in [2.45, 2.75) is 0 Å². The second kappa shape index (κ2) is 6.31. The third kappa shape index (κ3) is 3.76. The van der Waals surface area contributed by atoms with Gasteiger partial charge in [0, 0.05) is 18.1 Å². The Morgan fingerprint density at radius 3 is 2.05 bits per heavy atom. The molecule has 0 saturated heterocycles. The second-order valence-electron chi connectivity index (χ2n) is 4.08. The summed E-state index contributed by atoms with van der Waals surface area (Å²) in [5.74, 6) is -2.42. The standard InChI is InChI=1S/C13H10N4O5/c18-11(19)7-3-8(12(20)21)5-9(4-7)16-13(22)17-10-6-14-1-2-15-10/h1-6H,(H,18,19)(H,20,21)(H2,15,16,17,22). The first kappa shape index (κ1) is 14.9. The normalized spacial score (nSPS) is 9.82. The number of rotatable bonds is 4. The van der Waals surface area contributed by atoms with Crippen LogP contribution >= 0.6 is 0 Å². The Kier molecular flexibility index (Phi) is 4.27. The zero-order chi connectivity index (χ0) is 16.1. The van der Waals surface area contributed by atoms with Crippen LogP contribution in [0.15, 0.2) is 36.8 Å². The van der Waals surface area contributed by atoms with E-state index in [9.17, 15) is 14.4 Å². The Bertz CT molecular complexity index is 700. The van der Waals surface area contributed by atoms with E-state index in [0.717, 1.165) is 18.2 Å². The van der Waals surface area contributed by atoms with E-state index in [1.165, 1.54) is 18.6 Å². The van der Waals surface area contributed by atoms with E-state index in [2.05, 4.69) is 20.6 Å². The van der Waals surface area contributed by atoms with Gasteiger partial charge in [0.15, 0.2) is 5.82 Å². The van der Waals surface area contributed by atoms with Gasteiger partial charge in [-0.1, -0.05) is 0 Å². The Morgan fingerprint density at radius 1 is 0.909 bits per heavy atom. The number of aromatic carboxylic acids is 2. The van der Waals surface area contributed by atoms with Gasteiger partial charge in [-0.15, -0.1) is 0 Å². The molecule has 22 heavy (non-hydrogen) atoms. The number of carbonyl (C=O) groups excluding carboxylic acids is 1. The maximum absolute atomic E-state index is 11.8. The maximum Gasteiger partial charge on any atom is 0.335 e. The average Bonchev–Trinajstić information content (AvgIpc) is 2.47. The van der Waals surface area contributed by atoms with E-state index in [-0.39, 0.29) is 22.6 Å². The number of carbonyl (C=O) groups is 3. The molecule has 1 aromatic heterocycles. The number of aromatic nitrogens is 2. The Morgan fingerprint density at radius 2 is 1.55 bits per heavy atom. The molecule has 4 N–H and O–H groups in total. The van der Waals surface area contributed by atoms with Crippen molar-refractivity contribution in [2.75, 3.05) is 10.6 Å². The summed E-state index contributed by atoms with van der Waals surface area (Å²) >= 11 is 0. The molecule has 0 aliphatic rings. The van der Waals surface area contributed by atoms with Crippen LogP contribution in [0.2, 0.25) is 0 Å². The summed E-state index contributed by atoms with van der Waals surface area (Å²) in [6, 6.07) is 2.58. The predicted molar refractivity (Wildman–Crippen MR) is 75.0 cm³/mol. The molecule has 0 aliphatic carbocycles. The topological polar surface area (TPSA) is 142 Å². The van der Waals surface area contributed by atoms with Crippen molar-refractivity contribution < 1.29 is 24.6 Å². The number of anilines is 2. The second-order valence-corrected chi connectivity index (χ2v) is 4.08. The fourth-order valence-electron chi connectivity index (χ4n) is 1.59. The quantitative estimate of drug-likeness (QED) is 0.670. The van der Waals surface area contributed by atoms with Crippen molar-refractivity contribution in [3.05, 3.63) is 47.9 Å². The molecule has 9 nitrogen and oxygen atoms in total. The molecule has 0 aliphatic heterocycles. The average molecular weight is 302 g/mol. The molecule has 2 amide bonds. The molecule has 0 fully saturated rings. The predicted octanol–water partition coefficient (Wildman–Crippen LogP) is 1.52. The number of amides is 2. The molecular formula is C13H10N4O5. The highest BCUT2D eigenvalue weighted by molar-refractivity contribution is 6.02.